The number of aromatic nitrogens is 4. The van der Waals surface area contributed by atoms with Crippen LogP contribution in [0, 0.1) is 0 Å². The van der Waals surface area contributed by atoms with E-state index in [2.05, 4.69) is 15.0 Å². The highest BCUT2D eigenvalue weighted by Crippen LogP contribution is 2.04. The summed E-state index contributed by atoms with van der Waals surface area (Å²) in [6, 6.07) is 0. The van der Waals surface area contributed by atoms with Gasteiger partial charge >= 0.3 is 0 Å². The number of imidazole rings is 2. The summed E-state index contributed by atoms with van der Waals surface area (Å²) in [5.41, 5.74) is 0. The normalized spacial score (nSPS) is 11.2. The zero-order valence-electron chi connectivity index (χ0n) is 9.55. The van der Waals surface area contributed by atoms with Crippen LogP contribution < -0.4 is 0 Å². The second-order valence-electron chi connectivity index (χ2n) is 3.87. The first-order valence-electron chi connectivity index (χ1n) is 5.35. The Balaban J connectivity index is 2.01. The van der Waals surface area contributed by atoms with Crippen molar-refractivity contribution in [1.82, 2.24) is 19.5 Å². The maximum absolute atomic E-state index is 5.53. The Labute approximate surface area is 94.5 Å². The van der Waals surface area contributed by atoms with Crippen molar-refractivity contribution in [2.24, 2.45) is 0 Å². The van der Waals surface area contributed by atoms with Crippen molar-refractivity contribution in [3.63, 3.8) is 0 Å². The number of H-pyrrole nitrogens is 1. The lowest BCUT2D eigenvalue weighted by Gasteiger charge is -2.09. The lowest BCUT2D eigenvalue weighted by atomic mass is 10.5. The van der Waals surface area contributed by atoms with Crippen LogP contribution in [0.15, 0.2) is 24.8 Å². The maximum Gasteiger partial charge on any atom is 0.135 e. The lowest BCUT2D eigenvalue weighted by molar-refractivity contribution is 0.0596. The van der Waals surface area contributed by atoms with Gasteiger partial charge in [-0.05, 0) is 13.8 Å². The van der Waals surface area contributed by atoms with Crippen molar-refractivity contribution in [3.05, 3.63) is 36.4 Å². The van der Waals surface area contributed by atoms with Gasteiger partial charge in [-0.2, -0.15) is 0 Å². The molecule has 5 nitrogen and oxygen atoms in total. The van der Waals surface area contributed by atoms with E-state index in [-0.39, 0.29) is 6.10 Å². The molecule has 0 bridgehead atoms. The average Bonchev–Trinajstić information content (AvgIpc) is 2.87. The van der Waals surface area contributed by atoms with Gasteiger partial charge in [-0.3, -0.25) is 0 Å². The first-order chi connectivity index (χ1) is 7.75. The summed E-state index contributed by atoms with van der Waals surface area (Å²) in [5.74, 6) is 1.84. The molecule has 0 aliphatic carbocycles. The molecule has 5 heteroatoms. The van der Waals surface area contributed by atoms with E-state index in [0.29, 0.717) is 13.2 Å². The number of aromatic amines is 1. The van der Waals surface area contributed by atoms with Gasteiger partial charge in [0.05, 0.1) is 12.6 Å². The van der Waals surface area contributed by atoms with E-state index in [1.54, 1.807) is 12.4 Å². The zero-order valence-corrected chi connectivity index (χ0v) is 9.55. The molecule has 2 aromatic heterocycles. The van der Waals surface area contributed by atoms with E-state index >= 15 is 0 Å². The molecule has 0 radical (unpaired) electrons. The molecule has 0 aromatic carbocycles. The molecular formula is C11H16N4O. The number of rotatable bonds is 5. The van der Waals surface area contributed by atoms with Crippen LogP contribution in [0.25, 0.3) is 0 Å². The minimum absolute atomic E-state index is 0.216. The Morgan fingerprint density at radius 1 is 1.38 bits per heavy atom. The first-order valence-corrected chi connectivity index (χ1v) is 5.35. The van der Waals surface area contributed by atoms with Gasteiger partial charge in [0, 0.05) is 24.8 Å². The molecule has 86 valence electrons. The minimum Gasteiger partial charge on any atom is -0.371 e. The van der Waals surface area contributed by atoms with Crippen molar-refractivity contribution in [2.75, 3.05) is 0 Å². The molecule has 0 fully saturated rings. The Morgan fingerprint density at radius 3 is 2.94 bits per heavy atom. The third-order valence-corrected chi connectivity index (χ3v) is 2.22. The quantitative estimate of drug-likeness (QED) is 0.832. The Bertz CT molecular complexity index is 419. The van der Waals surface area contributed by atoms with Crippen molar-refractivity contribution in [1.29, 1.82) is 0 Å². The summed E-state index contributed by atoms with van der Waals surface area (Å²) < 4.78 is 7.56. The SMILES string of the molecule is CC(C)OCc1nccn1Cc1ncc[nH]1. The molecule has 0 spiro atoms. The van der Waals surface area contributed by atoms with E-state index in [1.807, 2.05) is 30.8 Å². The molecule has 2 aromatic rings. The molecule has 0 saturated heterocycles. The smallest absolute Gasteiger partial charge is 0.135 e. The fourth-order valence-corrected chi connectivity index (χ4v) is 1.41. The molecule has 0 aliphatic rings. The van der Waals surface area contributed by atoms with Gasteiger partial charge < -0.3 is 14.3 Å². The summed E-state index contributed by atoms with van der Waals surface area (Å²) in [4.78, 5) is 11.5. The summed E-state index contributed by atoms with van der Waals surface area (Å²) in [6.45, 7) is 5.26. The third-order valence-electron chi connectivity index (χ3n) is 2.22. The van der Waals surface area contributed by atoms with Crippen LogP contribution in [0.3, 0.4) is 0 Å². The number of nitrogens with zero attached hydrogens (tertiary/aromatic N) is 3. The summed E-state index contributed by atoms with van der Waals surface area (Å²) in [7, 11) is 0. The molecule has 0 amide bonds. The van der Waals surface area contributed by atoms with E-state index in [4.69, 9.17) is 4.74 Å². The van der Waals surface area contributed by atoms with Crippen molar-refractivity contribution < 1.29 is 4.74 Å². The van der Waals surface area contributed by atoms with Gasteiger partial charge in [0.25, 0.3) is 0 Å². The van der Waals surface area contributed by atoms with Crippen molar-refractivity contribution in [3.8, 4) is 0 Å². The monoisotopic (exact) mass is 220 g/mol. The Kier molecular flexibility index (Phi) is 3.36. The number of nitrogens with one attached hydrogen (secondary N) is 1. The number of hydrogen-bond donors (Lipinski definition) is 1. The maximum atomic E-state index is 5.53. The highest BCUT2D eigenvalue weighted by molar-refractivity contribution is 4.96. The predicted octanol–water partition coefficient (Wildman–Crippen LogP) is 1.58. The minimum atomic E-state index is 0.216. The predicted molar refractivity (Wildman–Crippen MR) is 59.8 cm³/mol. The first kappa shape index (κ1) is 10.9. The molecule has 0 unspecified atom stereocenters. The fraction of sp³-hybridized carbons (Fsp3) is 0.455. The van der Waals surface area contributed by atoms with Crippen LogP contribution in [0.4, 0.5) is 0 Å². The van der Waals surface area contributed by atoms with E-state index < -0.39 is 0 Å². The highest BCUT2D eigenvalue weighted by Gasteiger charge is 2.05. The van der Waals surface area contributed by atoms with Gasteiger partial charge in [0.15, 0.2) is 0 Å². The third kappa shape index (κ3) is 2.70. The zero-order chi connectivity index (χ0) is 11.4. The molecule has 0 atom stereocenters. The molecule has 2 heterocycles. The topological polar surface area (TPSA) is 55.7 Å². The molecule has 2 rings (SSSR count). The van der Waals surface area contributed by atoms with Crippen LogP contribution >= 0.6 is 0 Å². The lowest BCUT2D eigenvalue weighted by Crippen LogP contribution is -2.10. The van der Waals surface area contributed by atoms with Crippen LogP contribution in [-0.4, -0.2) is 25.6 Å². The van der Waals surface area contributed by atoms with Crippen LogP contribution in [0.1, 0.15) is 25.5 Å². The molecule has 1 N–H and O–H groups in total. The molecule has 0 aliphatic heterocycles. The van der Waals surface area contributed by atoms with Gasteiger partial charge in [0.1, 0.15) is 18.3 Å². The Hall–Kier alpha value is -1.62. The second kappa shape index (κ2) is 4.94. The van der Waals surface area contributed by atoms with E-state index in [0.717, 1.165) is 11.6 Å². The average molecular weight is 220 g/mol. The van der Waals surface area contributed by atoms with Crippen molar-refractivity contribution in [2.45, 2.75) is 33.1 Å². The molecule has 16 heavy (non-hydrogen) atoms. The van der Waals surface area contributed by atoms with Gasteiger partial charge in [0.2, 0.25) is 0 Å². The summed E-state index contributed by atoms with van der Waals surface area (Å²) in [6.07, 6.45) is 7.49. The number of ether oxygens (including phenoxy) is 1. The number of hydrogen-bond acceptors (Lipinski definition) is 3. The second-order valence-corrected chi connectivity index (χ2v) is 3.87. The van der Waals surface area contributed by atoms with E-state index in [1.165, 1.54) is 0 Å². The standard InChI is InChI=1S/C11H16N4O/c1-9(2)16-8-11-14-5-6-15(11)7-10-12-3-4-13-10/h3-6,9H,7-8H2,1-2H3,(H,12,13). The summed E-state index contributed by atoms with van der Waals surface area (Å²) in [5, 5.41) is 0. The van der Waals surface area contributed by atoms with Gasteiger partial charge in [-0.25, -0.2) is 9.97 Å². The highest BCUT2D eigenvalue weighted by atomic mass is 16.5. The van der Waals surface area contributed by atoms with Gasteiger partial charge in [-0.15, -0.1) is 0 Å². The largest absolute Gasteiger partial charge is 0.371 e. The van der Waals surface area contributed by atoms with Crippen LogP contribution in [0.2, 0.25) is 0 Å². The molecular weight excluding hydrogens is 204 g/mol. The summed E-state index contributed by atoms with van der Waals surface area (Å²) >= 11 is 0. The fourth-order valence-electron chi connectivity index (χ4n) is 1.41. The van der Waals surface area contributed by atoms with Crippen LogP contribution in [0.5, 0.6) is 0 Å². The Morgan fingerprint density at radius 2 is 2.25 bits per heavy atom. The van der Waals surface area contributed by atoms with Crippen molar-refractivity contribution >= 4 is 0 Å². The van der Waals surface area contributed by atoms with Crippen LogP contribution in [-0.2, 0) is 17.9 Å². The molecule has 0 saturated carbocycles. The van der Waals surface area contributed by atoms with Gasteiger partial charge in [-0.1, -0.05) is 0 Å². The van der Waals surface area contributed by atoms with E-state index in [9.17, 15) is 0 Å².